The van der Waals surface area contributed by atoms with E-state index in [1.54, 1.807) is 11.5 Å². The molecule has 1 atom stereocenters. The van der Waals surface area contributed by atoms with Gasteiger partial charge in [-0.05, 0) is 43.5 Å². The number of aryl methyl sites for hydroxylation is 1. The van der Waals surface area contributed by atoms with Crippen LogP contribution in [-0.2, 0) is 0 Å². The molecular weight excluding hydrogens is 362 g/mol. The second-order valence-electron chi connectivity index (χ2n) is 6.76. The summed E-state index contributed by atoms with van der Waals surface area (Å²) >= 11 is 0. The number of fused-ring (bicyclic) bond motifs is 1. The number of pyridine rings is 1. The number of benzene rings is 2. The molecule has 0 aliphatic carbocycles. The van der Waals surface area contributed by atoms with Gasteiger partial charge in [0, 0.05) is 23.0 Å². The van der Waals surface area contributed by atoms with Crippen molar-refractivity contribution in [3.63, 3.8) is 0 Å². The number of hydrogen-bond acceptors (Lipinski definition) is 4. The topological polar surface area (TPSA) is 64.2 Å². The summed E-state index contributed by atoms with van der Waals surface area (Å²) in [5, 5.41) is 4.83. The van der Waals surface area contributed by atoms with Crippen molar-refractivity contribution in [3.05, 3.63) is 100 Å². The van der Waals surface area contributed by atoms with Crippen LogP contribution in [0.1, 0.15) is 24.5 Å². The van der Waals surface area contributed by atoms with Gasteiger partial charge in [0.25, 0.3) is 5.56 Å². The van der Waals surface area contributed by atoms with Crippen LogP contribution in [0.25, 0.3) is 21.3 Å². The lowest BCUT2D eigenvalue weighted by molar-refractivity contribution is 0.772. The third-order valence-electron chi connectivity index (χ3n) is 4.78. The SMILES string of the molecule is [C-]#[N+]c1cnc(C)nc1N[C@@H](C)c1cc2ccccc2c(=O)n1-c1ccccc1. The fourth-order valence-electron chi connectivity index (χ4n) is 3.37. The predicted octanol–water partition coefficient (Wildman–Crippen LogP) is 4.81. The van der Waals surface area contributed by atoms with E-state index in [1.165, 1.54) is 6.20 Å². The predicted molar refractivity (Wildman–Crippen MR) is 115 cm³/mol. The Morgan fingerprint density at radius 2 is 1.83 bits per heavy atom. The summed E-state index contributed by atoms with van der Waals surface area (Å²) < 4.78 is 1.71. The van der Waals surface area contributed by atoms with E-state index in [4.69, 9.17) is 6.57 Å². The molecule has 142 valence electrons. The van der Waals surface area contributed by atoms with E-state index in [0.29, 0.717) is 22.7 Å². The first-order valence-electron chi connectivity index (χ1n) is 9.26. The molecule has 0 amide bonds. The molecule has 2 aromatic carbocycles. The summed E-state index contributed by atoms with van der Waals surface area (Å²) in [6.45, 7) is 11.1. The van der Waals surface area contributed by atoms with Crippen LogP contribution in [0.4, 0.5) is 11.5 Å². The Morgan fingerprint density at radius 3 is 2.59 bits per heavy atom. The van der Waals surface area contributed by atoms with Crippen molar-refractivity contribution in [1.29, 1.82) is 0 Å². The second-order valence-corrected chi connectivity index (χ2v) is 6.76. The molecule has 4 rings (SSSR count). The van der Waals surface area contributed by atoms with Crippen molar-refractivity contribution in [2.24, 2.45) is 0 Å². The third kappa shape index (κ3) is 3.46. The molecular formula is C23H19N5O. The average molecular weight is 381 g/mol. The fraction of sp³-hybridized carbons (Fsp3) is 0.130. The lowest BCUT2D eigenvalue weighted by Gasteiger charge is -2.22. The quantitative estimate of drug-likeness (QED) is 0.515. The first-order chi connectivity index (χ1) is 14.1. The first kappa shape index (κ1) is 18.4. The number of anilines is 1. The van der Waals surface area contributed by atoms with Gasteiger partial charge in [0.2, 0.25) is 5.69 Å². The van der Waals surface area contributed by atoms with Crippen LogP contribution in [0.5, 0.6) is 0 Å². The second kappa shape index (κ2) is 7.56. The van der Waals surface area contributed by atoms with Crippen molar-refractivity contribution in [3.8, 4) is 5.69 Å². The lowest BCUT2D eigenvalue weighted by atomic mass is 10.1. The maximum absolute atomic E-state index is 13.3. The van der Waals surface area contributed by atoms with Crippen LogP contribution in [0, 0.1) is 13.5 Å². The highest BCUT2D eigenvalue weighted by Gasteiger charge is 2.18. The number of rotatable bonds is 4. The van der Waals surface area contributed by atoms with Gasteiger partial charge in [0.05, 0.1) is 12.6 Å². The minimum absolute atomic E-state index is 0.0813. The largest absolute Gasteiger partial charge is 0.371 e. The molecule has 0 radical (unpaired) electrons. The Labute approximate surface area is 168 Å². The Hall–Kier alpha value is -3.98. The molecule has 0 aliphatic heterocycles. The summed E-state index contributed by atoms with van der Waals surface area (Å²) in [6, 6.07) is 18.8. The first-order valence-corrected chi connectivity index (χ1v) is 9.26. The van der Waals surface area contributed by atoms with Gasteiger partial charge in [-0.2, -0.15) is 0 Å². The average Bonchev–Trinajstić information content (AvgIpc) is 2.74. The van der Waals surface area contributed by atoms with Crippen molar-refractivity contribution in [2.75, 3.05) is 5.32 Å². The molecule has 29 heavy (non-hydrogen) atoms. The van der Waals surface area contributed by atoms with E-state index in [0.717, 1.165) is 16.8 Å². The molecule has 6 nitrogen and oxygen atoms in total. The fourth-order valence-corrected chi connectivity index (χ4v) is 3.37. The molecule has 0 fully saturated rings. The number of nitrogens with zero attached hydrogens (tertiary/aromatic N) is 4. The highest BCUT2D eigenvalue weighted by atomic mass is 16.1. The highest BCUT2D eigenvalue weighted by Crippen LogP contribution is 2.28. The zero-order valence-electron chi connectivity index (χ0n) is 16.1. The molecule has 0 saturated heterocycles. The molecule has 2 aromatic heterocycles. The van der Waals surface area contributed by atoms with Crippen LogP contribution in [0.3, 0.4) is 0 Å². The Kier molecular flexibility index (Phi) is 4.80. The summed E-state index contributed by atoms with van der Waals surface area (Å²) in [7, 11) is 0. The minimum atomic E-state index is -0.276. The van der Waals surface area contributed by atoms with Gasteiger partial charge in [-0.1, -0.05) is 36.4 Å². The minimum Gasteiger partial charge on any atom is -0.371 e. The van der Waals surface area contributed by atoms with Crippen molar-refractivity contribution in [2.45, 2.75) is 19.9 Å². The van der Waals surface area contributed by atoms with Gasteiger partial charge in [0.1, 0.15) is 11.6 Å². The number of hydrogen-bond donors (Lipinski definition) is 1. The maximum atomic E-state index is 13.3. The van der Waals surface area contributed by atoms with E-state index in [1.807, 2.05) is 67.6 Å². The summed E-state index contributed by atoms with van der Waals surface area (Å²) in [5.41, 5.74) is 1.84. The van der Waals surface area contributed by atoms with Crippen LogP contribution < -0.4 is 10.9 Å². The van der Waals surface area contributed by atoms with Gasteiger partial charge in [-0.15, -0.1) is 0 Å². The molecule has 0 aliphatic rings. The lowest BCUT2D eigenvalue weighted by Crippen LogP contribution is -2.25. The Balaban J connectivity index is 1.90. The molecule has 6 heteroatoms. The van der Waals surface area contributed by atoms with E-state index < -0.39 is 0 Å². The molecule has 0 unspecified atom stereocenters. The summed E-state index contributed by atoms with van der Waals surface area (Å²) in [5.74, 6) is 1.03. The highest BCUT2D eigenvalue weighted by molar-refractivity contribution is 5.82. The maximum Gasteiger partial charge on any atom is 0.263 e. The van der Waals surface area contributed by atoms with Crippen LogP contribution in [-0.4, -0.2) is 14.5 Å². The van der Waals surface area contributed by atoms with Crippen LogP contribution in [0.2, 0.25) is 0 Å². The van der Waals surface area contributed by atoms with E-state index in [-0.39, 0.29) is 11.6 Å². The van der Waals surface area contributed by atoms with Gasteiger partial charge in [-0.3, -0.25) is 14.3 Å². The molecule has 4 aromatic rings. The van der Waals surface area contributed by atoms with Crippen molar-refractivity contribution in [1.82, 2.24) is 14.5 Å². The van der Waals surface area contributed by atoms with Gasteiger partial charge >= 0.3 is 0 Å². The monoisotopic (exact) mass is 381 g/mol. The Morgan fingerprint density at radius 1 is 1.10 bits per heavy atom. The molecule has 1 N–H and O–H groups in total. The third-order valence-corrected chi connectivity index (χ3v) is 4.78. The number of aromatic nitrogens is 3. The van der Waals surface area contributed by atoms with E-state index >= 15 is 0 Å². The standard InChI is InChI=1S/C23H19N5O/c1-15(26-22-20(24-3)14-25-16(2)27-22)21-13-17-9-7-8-12-19(17)23(29)28(21)18-10-5-4-6-11-18/h4-15H,1-2H3,(H,25,26,27)/t15-/m0/s1. The van der Waals surface area contributed by atoms with Crippen molar-refractivity contribution < 1.29 is 0 Å². The van der Waals surface area contributed by atoms with E-state index in [2.05, 4.69) is 20.1 Å². The Bertz CT molecular complexity index is 1290. The van der Waals surface area contributed by atoms with Crippen molar-refractivity contribution >= 4 is 22.3 Å². The molecule has 0 spiro atoms. The number of para-hydroxylation sites is 1. The van der Waals surface area contributed by atoms with Gasteiger partial charge in [0.15, 0.2) is 0 Å². The zero-order valence-corrected chi connectivity index (χ0v) is 16.1. The molecule has 0 saturated carbocycles. The summed E-state index contributed by atoms with van der Waals surface area (Å²) in [4.78, 5) is 25.3. The van der Waals surface area contributed by atoms with Crippen LogP contribution >= 0.6 is 0 Å². The molecule has 2 heterocycles. The zero-order chi connectivity index (χ0) is 20.4. The smallest absolute Gasteiger partial charge is 0.263 e. The van der Waals surface area contributed by atoms with E-state index in [9.17, 15) is 4.79 Å². The normalized spacial score (nSPS) is 11.8. The molecule has 0 bridgehead atoms. The van der Waals surface area contributed by atoms with Gasteiger partial charge < -0.3 is 5.32 Å². The summed E-state index contributed by atoms with van der Waals surface area (Å²) in [6.07, 6.45) is 1.51. The number of nitrogens with one attached hydrogen (secondary N) is 1. The van der Waals surface area contributed by atoms with Gasteiger partial charge in [-0.25, -0.2) is 9.83 Å². The van der Waals surface area contributed by atoms with Crippen LogP contribution in [0.15, 0.2) is 71.7 Å².